The summed E-state index contributed by atoms with van der Waals surface area (Å²) < 4.78 is 0.978. The summed E-state index contributed by atoms with van der Waals surface area (Å²) in [6.45, 7) is 3.69. The van der Waals surface area contributed by atoms with E-state index in [0.29, 0.717) is 11.2 Å². The van der Waals surface area contributed by atoms with Crippen LogP contribution in [0.25, 0.3) is 10.2 Å². The maximum absolute atomic E-state index is 11.5. The first-order valence-corrected chi connectivity index (χ1v) is 5.36. The van der Waals surface area contributed by atoms with Crippen molar-refractivity contribution in [3.63, 3.8) is 0 Å². The number of H-pyrrole nitrogens is 1. The van der Waals surface area contributed by atoms with E-state index in [9.17, 15) is 4.79 Å². The molecule has 5 heteroatoms. The van der Waals surface area contributed by atoms with Crippen molar-refractivity contribution in [1.29, 1.82) is 0 Å². The monoisotopic (exact) mass is 258 g/mol. The molecule has 2 heterocycles. The van der Waals surface area contributed by atoms with Crippen LogP contribution in [0.1, 0.15) is 11.4 Å². The van der Waals surface area contributed by atoms with E-state index in [4.69, 9.17) is 0 Å². The van der Waals surface area contributed by atoms with Gasteiger partial charge >= 0.3 is 0 Å². The van der Waals surface area contributed by atoms with E-state index in [-0.39, 0.29) is 5.56 Å². The lowest BCUT2D eigenvalue weighted by Crippen LogP contribution is -2.08. The Labute approximate surface area is 87.0 Å². The molecular formula is C8H7BrN2OS. The summed E-state index contributed by atoms with van der Waals surface area (Å²) in [4.78, 5) is 19.3. The van der Waals surface area contributed by atoms with Crippen molar-refractivity contribution >= 4 is 37.5 Å². The molecule has 0 aliphatic heterocycles. The van der Waals surface area contributed by atoms with Gasteiger partial charge < -0.3 is 4.98 Å². The highest BCUT2D eigenvalue weighted by molar-refractivity contribution is 9.11. The number of halogens is 1. The molecule has 0 aliphatic carbocycles. The van der Waals surface area contributed by atoms with Gasteiger partial charge in [-0.2, -0.15) is 0 Å². The molecule has 0 spiro atoms. The lowest BCUT2D eigenvalue weighted by Gasteiger charge is -1.92. The van der Waals surface area contributed by atoms with Crippen molar-refractivity contribution in [2.75, 3.05) is 0 Å². The van der Waals surface area contributed by atoms with E-state index >= 15 is 0 Å². The van der Waals surface area contributed by atoms with Crippen LogP contribution in [0.4, 0.5) is 0 Å². The number of thiophene rings is 1. The third kappa shape index (κ3) is 1.32. The van der Waals surface area contributed by atoms with Crippen LogP contribution >= 0.6 is 27.3 Å². The first kappa shape index (κ1) is 8.90. The molecule has 2 aromatic rings. The molecule has 0 aromatic carbocycles. The fourth-order valence-corrected chi connectivity index (χ4v) is 2.84. The minimum Gasteiger partial charge on any atom is -0.310 e. The molecule has 1 N–H and O–H groups in total. The number of nitrogens with one attached hydrogen (secondary N) is 1. The van der Waals surface area contributed by atoms with Crippen LogP contribution in [-0.4, -0.2) is 9.97 Å². The van der Waals surface area contributed by atoms with Crippen LogP contribution in [0.3, 0.4) is 0 Å². The van der Waals surface area contributed by atoms with E-state index in [1.54, 1.807) is 6.92 Å². The van der Waals surface area contributed by atoms with E-state index in [2.05, 4.69) is 25.9 Å². The Morgan fingerprint density at radius 2 is 2.15 bits per heavy atom. The van der Waals surface area contributed by atoms with Gasteiger partial charge in [-0.05, 0) is 35.3 Å². The lowest BCUT2D eigenvalue weighted by molar-refractivity contribution is 1.06. The summed E-state index contributed by atoms with van der Waals surface area (Å²) in [6.07, 6.45) is 0. The number of aromatic amines is 1. The average Bonchev–Trinajstić information content (AvgIpc) is 2.27. The molecule has 0 saturated heterocycles. The molecule has 2 rings (SSSR count). The van der Waals surface area contributed by atoms with E-state index < -0.39 is 0 Å². The smallest absolute Gasteiger partial charge is 0.259 e. The van der Waals surface area contributed by atoms with Crippen molar-refractivity contribution in [2.24, 2.45) is 0 Å². The molecule has 0 fully saturated rings. The number of aromatic nitrogens is 2. The highest BCUT2D eigenvalue weighted by Gasteiger charge is 2.10. The number of aryl methyl sites for hydroxylation is 2. The van der Waals surface area contributed by atoms with Crippen molar-refractivity contribution in [1.82, 2.24) is 9.97 Å². The second-order valence-electron chi connectivity index (χ2n) is 2.83. The number of hydrogen-bond donors (Lipinski definition) is 1. The SMILES string of the molecule is Cc1nc2sc(Br)c(C)c2c(=O)[nH]1. The van der Waals surface area contributed by atoms with Crippen molar-refractivity contribution in [3.05, 3.63) is 25.5 Å². The summed E-state index contributed by atoms with van der Waals surface area (Å²) in [5, 5.41) is 0.697. The highest BCUT2D eigenvalue weighted by Crippen LogP contribution is 2.31. The summed E-state index contributed by atoms with van der Waals surface area (Å²) in [5.74, 6) is 0.659. The maximum Gasteiger partial charge on any atom is 0.259 e. The van der Waals surface area contributed by atoms with Gasteiger partial charge in [-0.3, -0.25) is 4.79 Å². The molecule has 0 unspecified atom stereocenters. The zero-order valence-electron chi connectivity index (χ0n) is 7.14. The van der Waals surface area contributed by atoms with Gasteiger partial charge in [0.2, 0.25) is 0 Å². The Hall–Kier alpha value is -0.680. The third-order valence-electron chi connectivity index (χ3n) is 1.86. The van der Waals surface area contributed by atoms with Crippen LogP contribution in [0, 0.1) is 13.8 Å². The average molecular weight is 259 g/mol. The quantitative estimate of drug-likeness (QED) is 0.789. The van der Waals surface area contributed by atoms with Gasteiger partial charge in [-0.25, -0.2) is 4.98 Å². The summed E-state index contributed by atoms with van der Waals surface area (Å²) >= 11 is 4.89. The first-order chi connectivity index (χ1) is 6.09. The molecule has 13 heavy (non-hydrogen) atoms. The van der Waals surface area contributed by atoms with Gasteiger partial charge in [0.05, 0.1) is 9.17 Å². The fraction of sp³-hybridized carbons (Fsp3) is 0.250. The standard InChI is InChI=1S/C8H7BrN2OS/c1-3-5-7(12)10-4(2)11-8(5)13-6(3)9/h1-2H3,(H,10,11,12). The molecule has 68 valence electrons. The normalized spacial score (nSPS) is 11.0. The first-order valence-electron chi connectivity index (χ1n) is 3.75. The van der Waals surface area contributed by atoms with Gasteiger partial charge in [0.25, 0.3) is 5.56 Å². The molecule has 0 atom stereocenters. The van der Waals surface area contributed by atoms with Gasteiger partial charge in [0, 0.05) is 0 Å². The number of rotatable bonds is 0. The third-order valence-corrected chi connectivity index (χ3v) is 3.92. The van der Waals surface area contributed by atoms with Crippen molar-refractivity contribution in [2.45, 2.75) is 13.8 Å². The maximum atomic E-state index is 11.5. The molecule has 0 saturated carbocycles. The molecular weight excluding hydrogens is 252 g/mol. The second-order valence-corrected chi connectivity index (χ2v) is 5.15. The minimum absolute atomic E-state index is 0.0537. The van der Waals surface area contributed by atoms with E-state index in [0.717, 1.165) is 14.2 Å². The fourth-order valence-electron chi connectivity index (χ4n) is 1.22. The van der Waals surface area contributed by atoms with Gasteiger partial charge in [0.1, 0.15) is 10.7 Å². The van der Waals surface area contributed by atoms with Crippen LogP contribution in [0.5, 0.6) is 0 Å². The molecule has 0 amide bonds. The van der Waals surface area contributed by atoms with Crippen LogP contribution in [-0.2, 0) is 0 Å². The number of nitrogens with zero attached hydrogens (tertiary/aromatic N) is 1. The van der Waals surface area contributed by atoms with Crippen LogP contribution in [0.2, 0.25) is 0 Å². The molecule has 2 aromatic heterocycles. The van der Waals surface area contributed by atoms with Gasteiger partial charge in [0.15, 0.2) is 0 Å². The topological polar surface area (TPSA) is 45.8 Å². The highest BCUT2D eigenvalue weighted by atomic mass is 79.9. The van der Waals surface area contributed by atoms with Gasteiger partial charge in [-0.15, -0.1) is 11.3 Å². The largest absolute Gasteiger partial charge is 0.310 e. The molecule has 3 nitrogen and oxygen atoms in total. The van der Waals surface area contributed by atoms with Crippen LogP contribution < -0.4 is 5.56 Å². The second kappa shape index (κ2) is 2.92. The van der Waals surface area contributed by atoms with Crippen molar-refractivity contribution in [3.8, 4) is 0 Å². The zero-order chi connectivity index (χ0) is 9.59. The van der Waals surface area contributed by atoms with Crippen molar-refractivity contribution < 1.29 is 0 Å². The number of hydrogen-bond acceptors (Lipinski definition) is 3. The Bertz CT molecular complexity index is 529. The van der Waals surface area contributed by atoms with Gasteiger partial charge in [-0.1, -0.05) is 0 Å². The summed E-state index contributed by atoms with van der Waals surface area (Å²) in [7, 11) is 0. The summed E-state index contributed by atoms with van der Waals surface area (Å²) in [5.41, 5.74) is 0.913. The Balaban J connectivity index is 3.03. The predicted molar refractivity (Wildman–Crippen MR) is 57.4 cm³/mol. The lowest BCUT2D eigenvalue weighted by atomic mass is 10.3. The predicted octanol–water partition coefficient (Wildman–Crippen LogP) is 2.36. The van der Waals surface area contributed by atoms with E-state index in [1.165, 1.54) is 11.3 Å². The number of fused-ring (bicyclic) bond motifs is 1. The Morgan fingerprint density at radius 1 is 1.46 bits per heavy atom. The van der Waals surface area contributed by atoms with Crippen LogP contribution in [0.15, 0.2) is 8.58 Å². The molecule has 0 radical (unpaired) electrons. The summed E-state index contributed by atoms with van der Waals surface area (Å²) in [6, 6.07) is 0. The Morgan fingerprint density at radius 3 is 2.85 bits per heavy atom. The van der Waals surface area contributed by atoms with E-state index in [1.807, 2.05) is 6.92 Å². The zero-order valence-corrected chi connectivity index (χ0v) is 9.54. The minimum atomic E-state index is -0.0537. The molecule has 0 aliphatic rings. The molecule has 0 bridgehead atoms. The Kier molecular flexibility index (Phi) is 2.00.